The third kappa shape index (κ3) is 2.85. The fourth-order valence-electron chi connectivity index (χ4n) is 2.76. The molecule has 0 saturated carbocycles. The number of halogens is 2. The van der Waals surface area contributed by atoms with Gasteiger partial charge in [0.1, 0.15) is 11.3 Å². The quantitative estimate of drug-likeness (QED) is 0.567. The second-order valence-corrected chi connectivity index (χ2v) is 6.09. The Bertz CT molecular complexity index is 1250. The monoisotopic (exact) mass is 383 g/mol. The first kappa shape index (κ1) is 16.9. The molecule has 0 spiro atoms. The number of aromatic nitrogens is 4. The summed E-state index contributed by atoms with van der Waals surface area (Å²) in [7, 11) is 0. The molecule has 0 aliphatic carbocycles. The van der Waals surface area contributed by atoms with Crippen LogP contribution >= 0.6 is 11.6 Å². The van der Waals surface area contributed by atoms with Crippen LogP contribution in [0, 0.1) is 5.82 Å². The molecular weight excluding hydrogens is 373 g/mol. The molecule has 0 aliphatic heterocycles. The molecule has 0 unspecified atom stereocenters. The van der Waals surface area contributed by atoms with E-state index in [1.165, 1.54) is 28.8 Å². The van der Waals surface area contributed by atoms with Crippen molar-refractivity contribution in [2.75, 3.05) is 0 Å². The molecule has 0 saturated heterocycles. The molecule has 0 aliphatic rings. The van der Waals surface area contributed by atoms with Crippen LogP contribution in [0.2, 0.25) is 5.02 Å². The number of imidazole rings is 1. The van der Waals surface area contributed by atoms with E-state index < -0.39 is 17.4 Å². The van der Waals surface area contributed by atoms with Crippen molar-refractivity contribution in [1.82, 2.24) is 19.5 Å². The lowest BCUT2D eigenvalue weighted by molar-refractivity contribution is 0.0997. The highest BCUT2D eigenvalue weighted by atomic mass is 35.5. The Morgan fingerprint density at radius 3 is 2.48 bits per heavy atom. The number of primary amides is 1. The summed E-state index contributed by atoms with van der Waals surface area (Å²) in [6, 6.07) is 12.1. The van der Waals surface area contributed by atoms with Gasteiger partial charge in [-0.1, -0.05) is 23.7 Å². The van der Waals surface area contributed by atoms with Crippen LogP contribution in [0.4, 0.5) is 4.39 Å². The minimum atomic E-state index is -0.830. The molecule has 2 aromatic heterocycles. The predicted molar refractivity (Wildman–Crippen MR) is 98.4 cm³/mol. The summed E-state index contributed by atoms with van der Waals surface area (Å²) in [5.41, 5.74) is 5.79. The minimum absolute atomic E-state index is 0.0904. The molecule has 3 N–H and O–H groups in total. The third-order valence-electron chi connectivity index (χ3n) is 3.97. The maximum Gasteiger partial charge on any atom is 0.332 e. The summed E-state index contributed by atoms with van der Waals surface area (Å²) in [4.78, 5) is 35.5. The highest BCUT2D eigenvalue weighted by molar-refractivity contribution is 6.33. The fraction of sp³-hybridized carbons (Fsp3) is 0. The molecule has 4 rings (SSSR count). The second-order valence-electron chi connectivity index (χ2n) is 5.68. The summed E-state index contributed by atoms with van der Waals surface area (Å²) >= 11 is 6.21. The van der Waals surface area contributed by atoms with Gasteiger partial charge in [0.15, 0.2) is 17.2 Å². The van der Waals surface area contributed by atoms with Crippen LogP contribution in [0.5, 0.6) is 0 Å². The lowest BCUT2D eigenvalue weighted by Crippen LogP contribution is -2.15. The van der Waals surface area contributed by atoms with Crippen molar-refractivity contribution in [2.24, 2.45) is 5.73 Å². The highest BCUT2D eigenvalue weighted by Crippen LogP contribution is 2.27. The molecule has 4 aromatic rings. The first-order chi connectivity index (χ1) is 13.0. The van der Waals surface area contributed by atoms with E-state index >= 15 is 0 Å². The number of fused-ring (bicyclic) bond motifs is 1. The number of carbonyl (C=O) groups is 1. The number of rotatable bonds is 3. The maximum absolute atomic E-state index is 13.2. The molecule has 2 heterocycles. The van der Waals surface area contributed by atoms with E-state index in [9.17, 15) is 14.0 Å². The van der Waals surface area contributed by atoms with Crippen LogP contribution in [0.3, 0.4) is 0 Å². The molecule has 0 radical (unpaired) electrons. The van der Waals surface area contributed by atoms with Gasteiger partial charge < -0.3 is 10.7 Å². The number of nitrogens with zero attached hydrogens (tertiary/aromatic N) is 3. The van der Waals surface area contributed by atoms with E-state index in [4.69, 9.17) is 17.3 Å². The average Bonchev–Trinajstić information content (AvgIpc) is 2.97. The van der Waals surface area contributed by atoms with Gasteiger partial charge in [-0.3, -0.25) is 4.79 Å². The van der Waals surface area contributed by atoms with E-state index in [-0.39, 0.29) is 22.7 Å². The second kappa shape index (κ2) is 6.33. The van der Waals surface area contributed by atoms with Crippen LogP contribution in [0.1, 0.15) is 10.5 Å². The molecule has 27 heavy (non-hydrogen) atoms. The van der Waals surface area contributed by atoms with Gasteiger partial charge in [0, 0.05) is 5.56 Å². The number of amides is 1. The van der Waals surface area contributed by atoms with E-state index in [0.717, 1.165) is 0 Å². The highest BCUT2D eigenvalue weighted by Gasteiger charge is 2.20. The lowest BCUT2D eigenvalue weighted by atomic mass is 10.2. The van der Waals surface area contributed by atoms with Gasteiger partial charge in [-0.2, -0.15) is 0 Å². The molecule has 0 fully saturated rings. The SMILES string of the molecule is NC(=O)c1nc(-c2ccccc2Cl)nc2c1[nH]c(=O)n2-c1ccc(F)cc1. The Kier molecular flexibility index (Phi) is 3.97. The van der Waals surface area contributed by atoms with Gasteiger partial charge in [-0.25, -0.2) is 23.7 Å². The van der Waals surface area contributed by atoms with Gasteiger partial charge in [0.05, 0.1) is 10.7 Å². The van der Waals surface area contributed by atoms with Gasteiger partial charge >= 0.3 is 5.69 Å². The molecule has 134 valence electrons. The number of carbonyl (C=O) groups excluding carboxylic acids is 1. The lowest BCUT2D eigenvalue weighted by Gasteiger charge is -2.07. The van der Waals surface area contributed by atoms with Crippen molar-refractivity contribution in [2.45, 2.75) is 0 Å². The minimum Gasteiger partial charge on any atom is -0.364 e. The number of benzene rings is 2. The van der Waals surface area contributed by atoms with Crippen molar-refractivity contribution in [3.63, 3.8) is 0 Å². The number of hydrogen-bond donors (Lipinski definition) is 2. The standard InChI is InChI=1S/C18H11ClFN5O2/c19-12-4-2-1-3-11(12)16-22-13(15(21)26)14-17(24-16)25(18(27)23-14)10-7-5-9(20)6-8-10/h1-8H,(H2,21,26)(H,23,27). The number of nitrogens with one attached hydrogen (secondary N) is 1. The summed E-state index contributed by atoms with van der Waals surface area (Å²) in [5, 5.41) is 0.374. The van der Waals surface area contributed by atoms with Gasteiger partial charge in [-0.05, 0) is 36.4 Å². The predicted octanol–water partition coefficient (Wildman–Crippen LogP) is 2.67. The zero-order chi connectivity index (χ0) is 19.1. The largest absolute Gasteiger partial charge is 0.364 e. The summed E-state index contributed by atoms with van der Waals surface area (Å²) < 4.78 is 14.5. The van der Waals surface area contributed by atoms with Crippen molar-refractivity contribution in [3.05, 3.63) is 75.5 Å². The van der Waals surface area contributed by atoms with Crippen molar-refractivity contribution in [1.29, 1.82) is 0 Å². The average molecular weight is 384 g/mol. The van der Waals surface area contributed by atoms with E-state index in [1.807, 2.05) is 0 Å². The number of hydrogen-bond acceptors (Lipinski definition) is 4. The molecule has 0 atom stereocenters. The third-order valence-corrected chi connectivity index (χ3v) is 4.30. The van der Waals surface area contributed by atoms with E-state index in [2.05, 4.69) is 15.0 Å². The van der Waals surface area contributed by atoms with Crippen LogP contribution in [0.15, 0.2) is 53.3 Å². The zero-order valence-electron chi connectivity index (χ0n) is 13.6. The fourth-order valence-corrected chi connectivity index (χ4v) is 2.98. The van der Waals surface area contributed by atoms with Gasteiger partial charge in [0.2, 0.25) is 0 Å². The summed E-state index contributed by atoms with van der Waals surface area (Å²) in [5.74, 6) is -1.14. The molecule has 7 nitrogen and oxygen atoms in total. The molecule has 2 aromatic carbocycles. The molecular formula is C18H11ClFN5O2. The van der Waals surface area contributed by atoms with Gasteiger partial charge in [-0.15, -0.1) is 0 Å². The van der Waals surface area contributed by atoms with Gasteiger partial charge in [0.25, 0.3) is 5.91 Å². The Morgan fingerprint density at radius 1 is 1.11 bits per heavy atom. The van der Waals surface area contributed by atoms with Crippen molar-refractivity contribution < 1.29 is 9.18 Å². The Balaban J connectivity index is 2.08. The molecule has 9 heteroatoms. The summed E-state index contributed by atoms with van der Waals surface area (Å²) in [6.07, 6.45) is 0. The van der Waals surface area contributed by atoms with Crippen LogP contribution in [0.25, 0.3) is 28.2 Å². The molecule has 1 amide bonds. The normalized spacial score (nSPS) is 11.0. The zero-order valence-corrected chi connectivity index (χ0v) is 14.4. The van der Waals surface area contributed by atoms with Crippen LogP contribution in [-0.2, 0) is 0 Å². The number of nitrogens with two attached hydrogens (primary N) is 1. The smallest absolute Gasteiger partial charge is 0.332 e. The Morgan fingerprint density at radius 2 is 1.81 bits per heavy atom. The first-order valence-corrected chi connectivity index (χ1v) is 8.17. The summed E-state index contributed by atoms with van der Waals surface area (Å²) in [6.45, 7) is 0. The first-order valence-electron chi connectivity index (χ1n) is 7.79. The molecule has 0 bridgehead atoms. The maximum atomic E-state index is 13.2. The van der Waals surface area contributed by atoms with E-state index in [0.29, 0.717) is 16.3 Å². The Labute approximate surface area is 156 Å². The topological polar surface area (TPSA) is 107 Å². The van der Waals surface area contributed by atoms with Crippen molar-refractivity contribution in [3.8, 4) is 17.1 Å². The van der Waals surface area contributed by atoms with E-state index in [1.54, 1.807) is 24.3 Å². The number of H-pyrrole nitrogens is 1. The Hall–Kier alpha value is -3.52. The van der Waals surface area contributed by atoms with Crippen LogP contribution < -0.4 is 11.4 Å². The number of aromatic amines is 1. The van der Waals surface area contributed by atoms with Crippen LogP contribution in [-0.4, -0.2) is 25.4 Å². The van der Waals surface area contributed by atoms with Crippen molar-refractivity contribution >= 4 is 28.7 Å².